The summed E-state index contributed by atoms with van der Waals surface area (Å²) in [6.07, 6.45) is 12.5. The Morgan fingerprint density at radius 3 is 3.00 bits per heavy atom. The third kappa shape index (κ3) is 1.79. The minimum atomic E-state index is 0.948. The maximum absolute atomic E-state index is 4.47. The molecule has 2 heteroatoms. The van der Waals surface area contributed by atoms with Gasteiger partial charge >= 0.3 is 0 Å². The minimum Gasteiger partial charge on any atom is -0.335 e. The van der Waals surface area contributed by atoms with Crippen LogP contribution in [0.1, 0.15) is 44.9 Å². The first-order chi connectivity index (χ1) is 7.86. The first kappa shape index (κ1) is 10.4. The van der Waals surface area contributed by atoms with Crippen LogP contribution in [0.25, 0.3) is 0 Å². The highest BCUT2D eigenvalue weighted by atomic mass is 15.1. The molecule has 88 valence electrons. The summed E-state index contributed by atoms with van der Waals surface area (Å²) in [6, 6.07) is 0. The summed E-state index contributed by atoms with van der Waals surface area (Å²) in [7, 11) is 0. The molecular weight excluding hydrogens is 196 g/mol. The molecule has 2 aliphatic carbocycles. The smallest absolute Gasteiger partial charge is 0.108 e. The molecule has 3 rings (SSSR count). The van der Waals surface area contributed by atoms with Gasteiger partial charge in [-0.1, -0.05) is 13.3 Å². The third-order valence-corrected chi connectivity index (χ3v) is 4.59. The molecule has 16 heavy (non-hydrogen) atoms. The second-order valence-electron chi connectivity index (χ2n) is 5.68. The number of rotatable bonds is 4. The standard InChI is InChI=1S/C14H22N2/c1-2-3-14-15-6-7-16(14)10-13-9-11-4-5-12(13)8-11/h6-7,11-13H,2-5,8-10H2,1H3. The van der Waals surface area contributed by atoms with Crippen molar-refractivity contribution in [2.75, 3.05) is 0 Å². The molecule has 0 N–H and O–H groups in total. The highest BCUT2D eigenvalue weighted by molar-refractivity contribution is 4.96. The molecule has 1 heterocycles. The maximum Gasteiger partial charge on any atom is 0.108 e. The zero-order valence-electron chi connectivity index (χ0n) is 10.2. The molecule has 3 atom stereocenters. The Morgan fingerprint density at radius 2 is 2.31 bits per heavy atom. The molecule has 0 radical (unpaired) electrons. The molecule has 2 fully saturated rings. The van der Waals surface area contributed by atoms with E-state index in [4.69, 9.17) is 0 Å². The quantitative estimate of drug-likeness (QED) is 0.758. The minimum absolute atomic E-state index is 0.948. The van der Waals surface area contributed by atoms with Crippen LogP contribution in [0, 0.1) is 17.8 Å². The van der Waals surface area contributed by atoms with Crippen LogP contribution in [-0.2, 0) is 13.0 Å². The fourth-order valence-corrected chi connectivity index (χ4v) is 3.81. The molecule has 0 aromatic carbocycles. The van der Waals surface area contributed by atoms with Crippen molar-refractivity contribution in [2.24, 2.45) is 17.8 Å². The van der Waals surface area contributed by atoms with Gasteiger partial charge in [0.2, 0.25) is 0 Å². The lowest BCUT2D eigenvalue weighted by atomic mass is 9.89. The first-order valence-corrected chi connectivity index (χ1v) is 6.86. The van der Waals surface area contributed by atoms with Gasteiger partial charge in [-0.15, -0.1) is 0 Å². The summed E-state index contributed by atoms with van der Waals surface area (Å²) in [5, 5.41) is 0. The van der Waals surface area contributed by atoms with Gasteiger partial charge in [0.25, 0.3) is 0 Å². The lowest BCUT2D eigenvalue weighted by molar-refractivity contribution is 0.292. The zero-order chi connectivity index (χ0) is 11.0. The van der Waals surface area contributed by atoms with E-state index in [-0.39, 0.29) is 0 Å². The molecule has 2 saturated carbocycles. The molecular formula is C14H22N2. The Morgan fingerprint density at radius 1 is 1.38 bits per heavy atom. The molecule has 1 aromatic rings. The number of nitrogens with zero attached hydrogens (tertiary/aromatic N) is 2. The van der Waals surface area contributed by atoms with Crippen LogP contribution < -0.4 is 0 Å². The van der Waals surface area contributed by atoms with Crippen LogP contribution in [0.4, 0.5) is 0 Å². The highest BCUT2D eigenvalue weighted by Gasteiger charge is 2.39. The number of hydrogen-bond donors (Lipinski definition) is 0. The summed E-state index contributed by atoms with van der Waals surface area (Å²) in [5.74, 6) is 4.34. The predicted octanol–water partition coefficient (Wildman–Crippen LogP) is 3.27. The number of fused-ring (bicyclic) bond motifs is 2. The van der Waals surface area contributed by atoms with Crippen LogP contribution in [0.2, 0.25) is 0 Å². The average molecular weight is 218 g/mol. The lowest BCUT2D eigenvalue weighted by Gasteiger charge is -2.22. The third-order valence-electron chi connectivity index (χ3n) is 4.59. The van der Waals surface area contributed by atoms with Gasteiger partial charge in [-0.3, -0.25) is 0 Å². The van der Waals surface area contributed by atoms with Gasteiger partial charge in [0.15, 0.2) is 0 Å². The lowest BCUT2D eigenvalue weighted by Crippen LogP contribution is -2.18. The van der Waals surface area contributed by atoms with E-state index in [2.05, 4.69) is 22.7 Å². The first-order valence-electron chi connectivity index (χ1n) is 6.86. The van der Waals surface area contributed by atoms with Crippen LogP contribution in [0.5, 0.6) is 0 Å². The Hall–Kier alpha value is -0.790. The maximum atomic E-state index is 4.47. The zero-order valence-corrected chi connectivity index (χ0v) is 10.2. The van der Waals surface area contributed by atoms with Crippen LogP contribution in [0.3, 0.4) is 0 Å². The average Bonchev–Trinajstić information content (AvgIpc) is 2.96. The molecule has 0 saturated heterocycles. The van der Waals surface area contributed by atoms with E-state index in [0.29, 0.717) is 0 Å². The van der Waals surface area contributed by atoms with Crippen LogP contribution in [-0.4, -0.2) is 9.55 Å². The van der Waals surface area contributed by atoms with E-state index in [1.54, 1.807) is 0 Å². The van der Waals surface area contributed by atoms with Gasteiger partial charge in [-0.25, -0.2) is 4.98 Å². The van der Waals surface area contributed by atoms with Crippen molar-refractivity contribution in [3.63, 3.8) is 0 Å². The molecule has 2 aliphatic rings. The monoisotopic (exact) mass is 218 g/mol. The van der Waals surface area contributed by atoms with Crippen molar-refractivity contribution < 1.29 is 0 Å². The summed E-state index contributed by atoms with van der Waals surface area (Å²) >= 11 is 0. The number of aryl methyl sites for hydroxylation is 1. The molecule has 1 aromatic heterocycles. The Labute approximate surface area is 98.1 Å². The van der Waals surface area contributed by atoms with Crippen molar-refractivity contribution in [1.82, 2.24) is 9.55 Å². The van der Waals surface area contributed by atoms with Gasteiger partial charge in [0, 0.05) is 25.4 Å². The highest BCUT2D eigenvalue weighted by Crippen LogP contribution is 2.48. The fraction of sp³-hybridized carbons (Fsp3) is 0.786. The molecule has 0 aliphatic heterocycles. The largest absolute Gasteiger partial charge is 0.335 e. The summed E-state index contributed by atoms with van der Waals surface area (Å²) < 4.78 is 2.41. The van der Waals surface area contributed by atoms with E-state index in [1.165, 1.54) is 44.5 Å². The van der Waals surface area contributed by atoms with E-state index in [1.807, 2.05) is 6.20 Å². The Bertz CT molecular complexity index is 355. The van der Waals surface area contributed by atoms with Gasteiger partial charge in [-0.2, -0.15) is 0 Å². The van der Waals surface area contributed by atoms with E-state index < -0.39 is 0 Å². The second kappa shape index (κ2) is 4.23. The van der Waals surface area contributed by atoms with E-state index in [9.17, 15) is 0 Å². The normalized spacial score (nSPS) is 32.4. The summed E-state index contributed by atoms with van der Waals surface area (Å²) in [4.78, 5) is 4.47. The fourth-order valence-electron chi connectivity index (χ4n) is 3.81. The SMILES string of the molecule is CCCc1nccn1CC1CC2CCC1C2. The van der Waals surface area contributed by atoms with Crippen molar-refractivity contribution >= 4 is 0 Å². The summed E-state index contributed by atoms with van der Waals surface area (Å²) in [6.45, 7) is 3.47. The Balaban J connectivity index is 1.67. The summed E-state index contributed by atoms with van der Waals surface area (Å²) in [5.41, 5.74) is 0. The number of hydrogen-bond acceptors (Lipinski definition) is 1. The molecule has 3 unspecified atom stereocenters. The predicted molar refractivity (Wildman–Crippen MR) is 65.2 cm³/mol. The number of aromatic nitrogens is 2. The van der Waals surface area contributed by atoms with E-state index in [0.717, 1.165) is 24.2 Å². The van der Waals surface area contributed by atoms with Crippen LogP contribution in [0.15, 0.2) is 12.4 Å². The molecule has 0 amide bonds. The van der Waals surface area contributed by atoms with Gasteiger partial charge in [0.1, 0.15) is 5.82 Å². The van der Waals surface area contributed by atoms with Crippen LogP contribution >= 0.6 is 0 Å². The van der Waals surface area contributed by atoms with Gasteiger partial charge in [-0.05, 0) is 43.4 Å². The van der Waals surface area contributed by atoms with Crippen molar-refractivity contribution in [3.05, 3.63) is 18.2 Å². The van der Waals surface area contributed by atoms with Gasteiger partial charge < -0.3 is 4.57 Å². The van der Waals surface area contributed by atoms with Crippen molar-refractivity contribution in [2.45, 2.75) is 52.0 Å². The number of imidazole rings is 1. The molecule has 2 nitrogen and oxygen atoms in total. The van der Waals surface area contributed by atoms with Crippen molar-refractivity contribution in [1.29, 1.82) is 0 Å². The van der Waals surface area contributed by atoms with Crippen molar-refractivity contribution in [3.8, 4) is 0 Å². The molecule has 2 bridgehead atoms. The van der Waals surface area contributed by atoms with Gasteiger partial charge in [0.05, 0.1) is 0 Å². The van der Waals surface area contributed by atoms with E-state index >= 15 is 0 Å². The Kier molecular flexibility index (Phi) is 2.74. The topological polar surface area (TPSA) is 17.8 Å². The molecule has 0 spiro atoms. The second-order valence-corrected chi connectivity index (χ2v) is 5.68.